The lowest BCUT2D eigenvalue weighted by molar-refractivity contribution is 0.0795. The van der Waals surface area contributed by atoms with Crippen LogP contribution in [0.4, 0.5) is 0 Å². The van der Waals surface area contributed by atoms with Gasteiger partial charge in [-0.15, -0.1) is 0 Å². The SMILES string of the molecule is OCC(O)CNCC(O)COc1ccc(Cl)cc1. The molecular weight excluding hydrogens is 258 g/mol. The summed E-state index contributed by atoms with van der Waals surface area (Å²) in [5.41, 5.74) is 0. The molecule has 1 aromatic rings. The second-order valence-corrected chi connectivity index (χ2v) is 4.35. The second-order valence-electron chi connectivity index (χ2n) is 3.91. The van der Waals surface area contributed by atoms with Crippen molar-refractivity contribution in [3.8, 4) is 5.75 Å². The molecule has 4 N–H and O–H groups in total. The van der Waals surface area contributed by atoms with Gasteiger partial charge in [-0.25, -0.2) is 0 Å². The standard InChI is InChI=1S/C12H18ClNO4/c13-9-1-3-12(4-2-9)18-8-11(17)6-14-5-10(16)7-15/h1-4,10-11,14-17H,5-8H2. The molecule has 0 aromatic heterocycles. The van der Waals surface area contributed by atoms with E-state index in [1.807, 2.05) is 0 Å². The molecule has 0 spiro atoms. The highest BCUT2D eigenvalue weighted by Crippen LogP contribution is 2.15. The van der Waals surface area contributed by atoms with E-state index in [1.165, 1.54) is 0 Å². The van der Waals surface area contributed by atoms with E-state index in [0.29, 0.717) is 10.8 Å². The maximum atomic E-state index is 9.59. The van der Waals surface area contributed by atoms with Crippen LogP contribution in [0.1, 0.15) is 0 Å². The third-order valence-corrected chi connectivity index (χ3v) is 2.48. The van der Waals surface area contributed by atoms with Gasteiger partial charge in [0.1, 0.15) is 18.5 Å². The normalized spacial score (nSPS) is 14.2. The molecule has 0 amide bonds. The molecular formula is C12H18ClNO4. The quantitative estimate of drug-likeness (QED) is 0.538. The van der Waals surface area contributed by atoms with Crippen molar-refractivity contribution in [1.82, 2.24) is 5.32 Å². The van der Waals surface area contributed by atoms with Crippen molar-refractivity contribution in [3.63, 3.8) is 0 Å². The summed E-state index contributed by atoms with van der Waals surface area (Å²) >= 11 is 5.73. The van der Waals surface area contributed by atoms with E-state index in [4.69, 9.17) is 26.6 Å². The van der Waals surface area contributed by atoms with Crippen LogP contribution in [-0.2, 0) is 0 Å². The Balaban J connectivity index is 2.16. The highest BCUT2D eigenvalue weighted by molar-refractivity contribution is 6.30. The summed E-state index contributed by atoms with van der Waals surface area (Å²) in [5, 5.41) is 30.7. The molecule has 1 rings (SSSR count). The van der Waals surface area contributed by atoms with Crippen molar-refractivity contribution in [2.24, 2.45) is 0 Å². The van der Waals surface area contributed by atoms with Crippen LogP contribution in [0.15, 0.2) is 24.3 Å². The summed E-state index contributed by atoms with van der Waals surface area (Å²) < 4.78 is 5.35. The van der Waals surface area contributed by atoms with Gasteiger partial charge in [-0.05, 0) is 24.3 Å². The minimum absolute atomic E-state index is 0.143. The molecule has 18 heavy (non-hydrogen) atoms. The fourth-order valence-electron chi connectivity index (χ4n) is 1.26. The third-order valence-electron chi connectivity index (χ3n) is 2.23. The predicted octanol–water partition coefficient (Wildman–Crippen LogP) is 0.0225. The maximum absolute atomic E-state index is 9.59. The molecule has 6 heteroatoms. The van der Waals surface area contributed by atoms with Crippen LogP contribution in [0.3, 0.4) is 0 Å². The number of hydrogen-bond acceptors (Lipinski definition) is 5. The minimum atomic E-state index is -0.811. The van der Waals surface area contributed by atoms with Gasteiger partial charge in [0.2, 0.25) is 0 Å². The molecule has 102 valence electrons. The van der Waals surface area contributed by atoms with Crippen LogP contribution in [0.5, 0.6) is 5.75 Å². The Morgan fingerprint density at radius 2 is 1.72 bits per heavy atom. The first kappa shape index (κ1) is 15.2. The lowest BCUT2D eigenvalue weighted by atomic mass is 10.3. The van der Waals surface area contributed by atoms with E-state index in [1.54, 1.807) is 24.3 Å². The molecule has 0 heterocycles. The van der Waals surface area contributed by atoms with Crippen LogP contribution in [0.2, 0.25) is 5.02 Å². The van der Waals surface area contributed by atoms with Gasteiger partial charge in [-0.3, -0.25) is 0 Å². The molecule has 2 atom stereocenters. The van der Waals surface area contributed by atoms with Crippen LogP contribution < -0.4 is 10.1 Å². The molecule has 0 aliphatic rings. The third kappa shape index (κ3) is 6.18. The number of halogens is 1. The second kappa shape index (κ2) is 8.29. The monoisotopic (exact) mass is 275 g/mol. The molecule has 0 saturated carbocycles. The van der Waals surface area contributed by atoms with Gasteiger partial charge in [-0.1, -0.05) is 11.6 Å². The molecule has 0 bridgehead atoms. The average Bonchev–Trinajstić information content (AvgIpc) is 2.38. The van der Waals surface area contributed by atoms with Gasteiger partial charge < -0.3 is 25.4 Å². The van der Waals surface area contributed by atoms with Gasteiger partial charge >= 0.3 is 0 Å². The summed E-state index contributed by atoms with van der Waals surface area (Å²) in [6.07, 6.45) is -1.50. The number of aliphatic hydroxyl groups is 3. The zero-order valence-corrected chi connectivity index (χ0v) is 10.7. The summed E-state index contributed by atoms with van der Waals surface area (Å²) in [6, 6.07) is 6.86. The van der Waals surface area contributed by atoms with Crippen molar-refractivity contribution < 1.29 is 20.1 Å². The number of benzene rings is 1. The number of ether oxygens (including phenoxy) is 1. The lowest BCUT2D eigenvalue weighted by Crippen LogP contribution is -2.37. The van der Waals surface area contributed by atoms with Gasteiger partial charge in [0.25, 0.3) is 0 Å². The Kier molecular flexibility index (Phi) is 7.00. The highest BCUT2D eigenvalue weighted by Gasteiger charge is 2.07. The fraction of sp³-hybridized carbons (Fsp3) is 0.500. The number of hydrogen-bond donors (Lipinski definition) is 4. The first-order valence-corrected chi connectivity index (χ1v) is 6.05. The zero-order chi connectivity index (χ0) is 13.4. The Bertz CT molecular complexity index is 333. The van der Waals surface area contributed by atoms with Crippen LogP contribution in [0, 0.1) is 0 Å². The number of rotatable bonds is 8. The van der Waals surface area contributed by atoms with Crippen LogP contribution in [-0.4, -0.2) is 53.8 Å². The van der Waals surface area contributed by atoms with Crippen LogP contribution >= 0.6 is 11.6 Å². The van der Waals surface area contributed by atoms with Gasteiger partial charge in [0.05, 0.1) is 12.7 Å². The molecule has 0 radical (unpaired) electrons. The first-order chi connectivity index (χ1) is 8.61. The summed E-state index contributed by atoms with van der Waals surface area (Å²) in [5.74, 6) is 0.633. The molecule has 5 nitrogen and oxygen atoms in total. The fourth-order valence-corrected chi connectivity index (χ4v) is 1.39. The zero-order valence-electron chi connectivity index (χ0n) is 9.92. The average molecular weight is 276 g/mol. The highest BCUT2D eigenvalue weighted by atomic mass is 35.5. The van der Waals surface area contributed by atoms with E-state index in [2.05, 4.69) is 5.32 Å². The molecule has 0 saturated heterocycles. The van der Waals surface area contributed by atoms with E-state index in [9.17, 15) is 5.11 Å². The van der Waals surface area contributed by atoms with Crippen LogP contribution in [0.25, 0.3) is 0 Å². The van der Waals surface area contributed by atoms with Crippen molar-refractivity contribution >= 4 is 11.6 Å². The van der Waals surface area contributed by atoms with Crippen molar-refractivity contribution in [1.29, 1.82) is 0 Å². The van der Waals surface area contributed by atoms with E-state index in [0.717, 1.165) is 0 Å². The largest absolute Gasteiger partial charge is 0.491 e. The summed E-state index contributed by atoms with van der Waals surface area (Å²) in [7, 11) is 0. The number of aliphatic hydroxyl groups excluding tert-OH is 3. The van der Waals surface area contributed by atoms with Crippen molar-refractivity contribution in [2.45, 2.75) is 12.2 Å². The van der Waals surface area contributed by atoms with Crippen molar-refractivity contribution in [3.05, 3.63) is 29.3 Å². The maximum Gasteiger partial charge on any atom is 0.119 e. The summed E-state index contributed by atoms with van der Waals surface area (Å²) in [4.78, 5) is 0. The van der Waals surface area contributed by atoms with Crippen molar-refractivity contribution in [2.75, 3.05) is 26.3 Å². The number of nitrogens with one attached hydrogen (secondary N) is 1. The Labute approximate surface area is 111 Å². The summed E-state index contributed by atoms with van der Waals surface area (Å²) in [6.45, 7) is 0.355. The lowest BCUT2D eigenvalue weighted by Gasteiger charge is -2.14. The molecule has 0 fully saturated rings. The predicted molar refractivity (Wildman–Crippen MR) is 68.9 cm³/mol. The Morgan fingerprint density at radius 3 is 2.33 bits per heavy atom. The minimum Gasteiger partial charge on any atom is -0.491 e. The molecule has 1 aromatic carbocycles. The molecule has 0 aliphatic carbocycles. The Morgan fingerprint density at radius 1 is 1.11 bits per heavy atom. The smallest absolute Gasteiger partial charge is 0.119 e. The van der Waals surface area contributed by atoms with Gasteiger partial charge in [-0.2, -0.15) is 0 Å². The van der Waals surface area contributed by atoms with E-state index >= 15 is 0 Å². The van der Waals surface area contributed by atoms with E-state index < -0.39 is 12.2 Å². The topological polar surface area (TPSA) is 82.0 Å². The van der Waals surface area contributed by atoms with E-state index in [-0.39, 0.29) is 26.3 Å². The first-order valence-electron chi connectivity index (χ1n) is 5.68. The van der Waals surface area contributed by atoms with Gasteiger partial charge in [0.15, 0.2) is 0 Å². The van der Waals surface area contributed by atoms with Gasteiger partial charge in [0, 0.05) is 18.1 Å². The Hall–Kier alpha value is -0.850. The molecule has 2 unspecified atom stereocenters. The molecule has 0 aliphatic heterocycles.